The number of carbonyl (C=O) groups excluding carboxylic acids is 1. The average molecular weight is 307 g/mol. The van der Waals surface area contributed by atoms with E-state index in [4.69, 9.17) is 5.73 Å². The molecule has 1 aromatic heterocycles. The third-order valence-electron chi connectivity index (χ3n) is 3.73. The summed E-state index contributed by atoms with van der Waals surface area (Å²) in [5.41, 5.74) is 8.18. The number of aromatic nitrogens is 2. The van der Waals surface area contributed by atoms with E-state index < -0.39 is 0 Å². The fourth-order valence-corrected chi connectivity index (χ4v) is 2.68. The van der Waals surface area contributed by atoms with Crippen LogP contribution in [0.2, 0.25) is 0 Å². The Morgan fingerprint density at radius 3 is 2.86 bits per heavy atom. The number of anilines is 1. The van der Waals surface area contributed by atoms with Crippen molar-refractivity contribution in [2.45, 2.75) is 25.4 Å². The zero-order valence-electron chi connectivity index (χ0n) is 11.8. The van der Waals surface area contributed by atoms with E-state index in [1.54, 1.807) is 22.0 Å². The van der Waals surface area contributed by atoms with Crippen LogP contribution >= 0.6 is 12.4 Å². The second-order valence-corrected chi connectivity index (χ2v) is 5.20. The molecule has 2 aromatic rings. The summed E-state index contributed by atoms with van der Waals surface area (Å²) in [6.45, 7) is 2.42. The lowest BCUT2D eigenvalue weighted by molar-refractivity contribution is -0.121. The van der Waals surface area contributed by atoms with E-state index in [-0.39, 0.29) is 30.4 Å². The summed E-state index contributed by atoms with van der Waals surface area (Å²) in [5.74, 6) is 0.0244. The normalized spacial score (nSPS) is 18.6. The van der Waals surface area contributed by atoms with Gasteiger partial charge >= 0.3 is 0 Å². The highest BCUT2D eigenvalue weighted by Gasteiger charge is 2.29. The molecule has 0 aliphatic carbocycles. The van der Waals surface area contributed by atoms with E-state index in [0.717, 1.165) is 17.7 Å². The first kappa shape index (κ1) is 15.5. The predicted octanol–water partition coefficient (Wildman–Crippen LogP) is 1.78. The van der Waals surface area contributed by atoms with Gasteiger partial charge in [0, 0.05) is 30.7 Å². The van der Waals surface area contributed by atoms with Gasteiger partial charge in [-0.2, -0.15) is 5.10 Å². The van der Waals surface area contributed by atoms with Gasteiger partial charge in [-0.1, -0.05) is 18.2 Å². The maximum atomic E-state index is 12.7. The van der Waals surface area contributed by atoms with E-state index in [1.165, 1.54) is 0 Å². The number of carbonyl (C=O) groups is 1. The number of halogens is 1. The van der Waals surface area contributed by atoms with Crippen molar-refractivity contribution < 1.29 is 4.79 Å². The minimum Gasteiger partial charge on any atom is -0.326 e. The lowest BCUT2D eigenvalue weighted by atomic mass is 9.98. The highest BCUT2D eigenvalue weighted by molar-refractivity contribution is 5.97. The molecule has 0 radical (unpaired) electrons. The first-order valence-electron chi connectivity index (χ1n) is 6.81. The van der Waals surface area contributed by atoms with Crippen LogP contribution < -0.4 is 10.6 Å². The number of amides is 1. The minimum atomic E-state index is -0.330. The van der Waals surface area contributed by atoms with E-state index in [1.807, 2.05) is 37.3 Å². The molecule has 2 unspecified atom stereocenters. The Morgan fingerprint density at radius 1 is 1.38 bits per heavy atom. The van der Waals surface area contributed by atoms with Crippen LogP contribution in [0.3, 0.4) is 0 Å². The van der Waals surface area contributed by atoms with Gasteiger partial charge in [0.15, 0.2) is 0 Å². The van der Waals surface area contributed by atoms with Gasteiger partial charge in [-0.05, 0) is 31.0 Å². The topological polar surface area (TPSA) is 64.2 Å². The van der Waals surface area contributed by atoms with Crippen LogP contribution in [0.4, 0.5) is 5.69 Å². The Balaban J connectivity index is 0.00000161. The Bertz CT molecular complexity index is 614. The number of fused-ring (bicyclic) bond motifs is 1. The first-order valence-corrected chi connectivity index (χ1v) is 6.81. The summed E-state index contributed by atoms with van der Waals surface area (Å²) < 4.78 is 1.67. The minimum absolute atomic E-state index is 0. The lowest BCUT2D eigenvalue weighted by Crippen LogP contribution is -2.48. The molecule has 0 saturated heterocycles. The second kappa shape index (κ2) is 6.28. The molecule has 2 N–H and O–H groups in total. The predicted molar refractivity (Wildman–Crippen MR) is 84.7 cm³/mol. The van der Waals surface area contributed by atoms with Crippen molar-refractivity contribution in [1.82, 2.24) is 9.78 Å². The van der Waals surface area contributed by atoms with Crippen LogP contribution in [0.5, 0.6) is 0 Å². The smallest absolute Gasteiger partial charge is 0.251 e. The summed E-state index contributed by atoms with van der Waals surface area (Å²) in [6.07, 6.45) is 4.30. The van der Waals surface area contributed by atoms with E-state index in [9.17, 15) is 4.79 Å². The Hall–Kier alpha value is -1.85. The highest BCUT2D eigenvalue weighted by atomic mass is 35.5. The number of rotatable bonds is 2. The number of hydrogen-bond donors (Lipinski definition) is 1. The maximum absolute atomic E-state index is 12.7. The van der Waals surface area contributed by atoms with Crippen molar-refractivity contribution in [1.29, 1.82) is 0 Å². The van der Waals surface area contributed by atoms with Crippen molar-refractivity contribution in [2.24, 2.45) is 5.73 Å². The molecular formula is C15H19ClN4O. The summed E-state index contributed by atoms with van der Waals surface area (Å²) in [5, 5.41) is 4.14. The number of nitrogens with zero attached hydrogens (tertiary/aromatic N) is 3. The number of para-hydroxylation sites is 1. The van der Waals surface area contributed by atoms with Gasteiger partial charge in [0.25, 0.3) is 5.91 Å². The van der Waals surface area contributed by atoms with E-state index >= 15 is 0 Å². The zero-order chi connectivity index (χ0) is 14.1. The average Bonchev–Trinajstić information content (AvgIpc) is 2.99. The van der Waals surface area contributed by atoms with Crippen molar-refractivity contribution in [3.8, 4) is 0 Å². The quantitative estimate of drug-likeness (QED) is 0.920. The van der Waals surface area contributed by atoms with Crippen LogP contribution in [-0.4, -0.2) is 28.3 Å². The Morgan fingerprint density at radius 2 is 2.14 bits per heavy atom. The van der Waals surface area contributed by atoms with E-state index in [0.29, 0.717) is 6.54 Å². The molecule has 5 nitrogen and oxygen atoms in total. The Labute approximate surface area is 130 Å². The van der Waals surface area contributed by atoms with Crippen LogP contribution in [0.1, 0.15) is 18.5 Å². The largest absolute Gasteiger partial charge is 0.326 e. The SMILES string of the molecule is CC(C(=O)N1CC(N)Cc2ccccc21)n1cccn1.Cl. The van der Waals surface area contributed by atoms with Gasteiger partial charge in [-0.3, -0.25) is 9.48 Å². The van der Waals surface area contributed by atoms with Gasteiger partial charge in [0.2, 0.25) is 0 Å². The standard InChI is InChI=1S/C15H18N4O.ClH/c1-11(19-8-4-7-17-19)15(20)18-10-13(16)9-12-5-2-3-6-14(12)18;/h2-8,11,13H,9-10,16H2,1H3;1H. The highest BCUT2D eigenvalue weighted by Crippen LogP contribution is 2.28. The zero-order valence-corrected chi connectivity index (χ0v) is 12.7. The molecule has 2 atom stereocenters. The summed E-state index contributed by atoms with van der Waals surface area (Å²) in [6, 6.07) is 9.43. The molecule has 1 amide bonds. The third-order valence-corrected chi connectivity index (χ3v) is 3.73. The molecule has 0 bridgehead atoms. The molecular weight excluding hydrogens is 288 g/mol. The maximum Gasteiger partial charge on any atom is 0.251 e. The monoisotopic (exact) mass is 306 g/mol. The van der Waals surface area contributed by atoms with Crippen LogP contribution in [0.15, 0.2) is 42.7 Å². The molecule has 1 aromatic carbocycles. The molecule has 1 aliphatic heterocycles. The second-order valence-electron chi connectivity index (χ2n) is 5.20. The molecule has 3 rings (SSSR count). The van der Waals surface area contributed by atoms with Crippen molar-refractivity contribution in [2.75, 3.05) is 11.4 Å². The molecule has 1 aliphatic rings. The van der Waals surface area contributed by atoms with Gasteiger partial charge in [0.05, 0.1) is 0 Å². The molecule has 112 valence electrons. The molecule has 0 spiro atoms. The summed E-state index contributed by atoms with van der Waals surface area (Å²) in [7, 11) is 0. The third kappa shape index (κ3) is 2.94. The van der Waals surface area contributed by atoms with Crippen molar-refractivity contribution in [3.05, 3.63) is 48.3 Å². The van der Waals surface area contributed by atoms with Crippen molar-refractivity contribution >= 4 is 24.0 Å². The number of nitrogens with two attached hydrogens (primary N) is 1. The van der Waals surface area contributed by atoms with Gasteiger partial charge < -0.3 is 10.6 Å². The molecule has 0 saturated carbocycles. The Kier molecular flexibility index (Phi) is 4.65. The summed E-state index contributed by atoms with van der Waals surface area (Å²) >= 11 is 0. The van der Waals surface area contributed by atoms with Gasteiger partial charge in [-0.15, -0.1) is 12.4 Å². The molecule has 6 heteroatoms. The summed E-state index contributed by atoms with van der Waals surface area (Å²) in [4.78, 5) is 14.5. The van der Waals surface area contributed by atoms with Gasteiger partial charge in [0.1, 0.15) is 6.04 Å². The number of hydrogen-bond acceptors (Lipinski definition) is 3. The number of benzene rings is 1. The fourth-order valence-electron chi connectivity index (χ4n) is 2.68. The van der Waals surface area contributed by atoms with Crippen molar-refractivity contribution in [3.63, 3.8) is 0 Å². The van der Waals surface area contributed by atoms with Crippen LogP contribution in [-0.2, 0) is 11.2 Å². The fraction of sp³-hybridized carbons (Fsp3) is 0.333. The molecule has 0 fully saturated rings. The molecule has 21 heavy (non-hydrogen) atoms. The lowest BCUT2D eigenvalue weighted by Gasteiger charge is -2.34. The molecule has 2 heterocycles. The first-order chi connectivity index (χ1) is 9.66. The van der Waals surface area contributed by atoms with Crippen LogP contribution in [0.25, 0.3) is 0 Å². The van der Waals surface area contributed by atoms with E-state index in [2.05, 4.69) is 5.10 Å². The van der Waals surface area contributed by atoms with Gasteiger partial charge in [-0.25, -0.2) is 0 Å². The van der Waals surface area contributed by atoms with Crippen LogP contribution in [0, 0.1) is 0 Å².